The van der Waals surface area contributed by atoms with Crippen LogP contribution in [-0.2, 0) is 9.47 Å². The van der Waals surface area contributed by atoms with Crippen molar-refractivity contribution < 1.29 is 38.6 Å². The first kappa shape index (κ1) is 16.4. The monoisotopic (exact) mass is 386 g/mol. The summed E-state index contributed by atoms with van der Waals surface area (Å²) in [7, 11) is 0. The smallest absolute Gasteiger partial charge is 0.231 e. The lowest BCUT2D eigenvalue weighted by atomic mass is 9.79. The van der Waals surface area contributed by atoms with Crippen LogP contribution in [0.15, 0.2) is 36.4 Å². The van der Waals surface area contributed by atoms with Gasteiger partial charge in [0.2, 0.25) is 13.6 Å². The molecule has 8 nitrogen and oxygen atoms in total. The normalized spacial score (nSPS) is 30.8. The average Bonchev–Trinajstić information content (AvgIpc) is 3.60. The van der Waals surface area contributed by atoms with Crippen molar-refractivity contribution in [2.24, 2.45) is 0 Å². The molecule has 6 rings (SSSR count). The molecule has 0 unspecified atom stereocenters. The van der Waals surface area contributed by atoms with Gasteiger partial charge in [0.1, 0.15) is 12.2 Å². The molecule has 146 valence electrons. The lowest BCUT2D eigenvalue weighted by molar-refractivity contribution is -0.0386. The minimum atomic E-state index is -1.03. The van der Waals surface area contributed by atoms with Crippen molar-refractivity contribution in [2.75, 3.05) is 26.8 Å². The molecule has 8 heteroatoms. The third kappa shape index (κ3) is 2.14. The summed E-state index contributed by atoms with van der Waals surface area (Å²) in [4.78, 5) is 0. The number of ether oxygens (including phenoxy) is 6. The van der Waals surface area contributed by atoms with Crippen LogP contribution in [0.4, 0.5) is 0 Å². The van der Waals surface area contributed by atoms with Crippen LogP contribution in [0.3, 0.4) is 0 Å². The number of rotatable bonds is 5. The average molecular weight is 386 g/mol. The molecule has 0 bridgehead atoms. The molecule has 4 aliphatic rings. The number of aliphatic hydroxyl groups is 2. The van der Waals surface area contributed by atoms with Crippen molar-refractivity contribution in [1.29, 1.82) is 0 Å². The van der Waals surface area contributed by atoms with Gasteiger partial charge in [-0.15, -0.1) is 0 Å². The zero-order chi connectivity index (χ0) is 18.9. The first-order valence-electron chi connectivity index (χ1n) is 9.06. The van der Waals surface area contributed by atoms with E-state index < -0.39 is 23.4 Å². The van der Waals surface area contributed by atoms with E-state index in [4.69, 9.17) is 28.4 Å². The van der Waals surface area contributed by atoms with Gasteiger partial charge in [-0.3, -0.25) is 0 Å². The molecule has 2 N–H and O–H groups in total. The van der Waals surface area contributed by atoms with Crippen molar-refractivity contribution in [2.45, 2.75) is 23.4 Å². The van der Waals surface area contributed by atoms with Crippen LogP contribution < -0.4 is 18.9 Å². The summed E-state index contributed by atoms with van der Waals surface area (Å²) >= 11 is 0. The van der Waals surface area contributed by atoms with Gasteiger partial charge in [0.25, 0.3) is 0 Å². The van der Waals surface area contributed by atoms with Crippen LogP contribution in [-0.4, -0.2) is 48.2 Å². The molecule has 0 spiro atoms. The number of hydrogen-bond acceptors (Lipinski definition) is 8. The Kier molecular flexibility index (Phi) is 3.24. The van der Waals surface area contributed by atoms with Crippen molar-refractivity contribution in [3.05, 3.63) is 47.5 Å². The highest BCUT2D eigenvalue weighted by Gasteiger charge is 2.76. The maximum absolute atomic E-state index is 11.1. The van der Waals surface area contributed by atoms with Crippen molar-refractivity contribution >= 4 is 0 Å². The lowest BCUT2D eigenvalue weighted by Gasteiger charge is -2.30. The Hall–Kier alpha value is -2.52. The zero-order valence-electron chi connectivity index (χ0n) is 14.8. The summed E-state index contributed by atoms with van der Waals surface area (Å²) in [6, 6.07) is 10.5. The molecule has 4 aliphatic heterocycles. The fourth-order valence-corrected chi connectivity index (χ4v) is 4.13. The van der Waals surface area contributed by atoms with Crippen molar-refractivity contribution in [3.8, 4) is 23.0 Å². The van der Waals surface area contributed by atoms with E-state index in [0.29, 0.717) is 34.1 Å². The first-order chi connectivity index (χ1) is 13.6. The third-order valence-corrected chi connectivity index (χ3v) is 5.94. The molecule has 2 fully saturated rings. The van der Waals surface area contributed by atoms with Crippen LogP contribution in [0.1, 0.15) is 23.3 Å². The second-order valence-electron chi connectivity index (χ2n) is 7.39. The quantitative estimate of drug-likeness (QED) is 0.745. The molecule has 0 amide bonds. The van der Waals surface area contributed by atoms with E-state index >= 15 is 0 Å². The minimum Gasteiger partial charge on any atom is -0.454 e. The highest BCUT2D eigenvalue weighted by molar-refractivity contribution is 5.48. The Morgan fingerprint density at radius 1 is 0.643 bits per heavy atom. The van der Waals surface area contributed by atoms with Crippen LogP contribution in [0.2, 0.25) is 0 Å². The highest BCUT2D eigenvalue weighted by Crippen LogP contribution is 2.61. The summed E-state index contributed by atoms with van der Waals surface area (Å²) in [5, 5.41) is 22.2. The molecule has 2 aromatic rings. The summed E-state index contributed by atoms with van der Waals surface area (Å²) in [5.41, 5.74) is -0.823. The Morgan fingerprint density at radius 2 is 1.04 bits per heavy atom. The first-order valence-corrected chi connectivity index (χ1v) is 9.06. The molecule has 0 aromatic heterocycles. The van der Waals surface area contributed by atoms with E-state index in [1.165, 1.54) is 0 Å². The molecule has 2 saturated heterocycles. The van der Waals surface area contributed by atoms with E-state index in [1.54, 1.807) is 36.4 Å². The minimum absolute atomic E-state index is 0.159. The number of aliphatic hydroxyl groups excluding tert-OH is 2. The van der Waals surface area contributed by atoms with Gasteiger partial charge in [0.15, 0.2) is 34.2 Å². The molecule has 2 aromatic carbocycles. The maximum Gasteiger partial charge on any atom is 0.231 e. The van der Waals surface area contributed by atoms with Crippen LogP contribution >= 0.6 is 0 Å². The Bertz CT molecular complexity index is 872. The summed E-state index contributed by atoms with van der Waals surface area (Å²) in [6.45, 7) is 0.882. The Labute approximate surface area is 160 Å². The van der Waals surface area contributed by atoms with E-state index in [0.717, 1.165) is 0 Å². The predicted molar refractivity (Wildman–Crippen MR) is 92.4 cm³/mol. The van der Waals surface area contributed by atoms with E-state index in [1.807, 2.05) is 0 Å². The van der Waals surface area contributed by atoms with Gasteiger partial charge in [-0.25, -0.2) is 0 Å². The van der Waals surface area contributed by atoms with Crippen LogP contribution in [0.25, 0.3) is 0 Å². The number of benzene rings is 2. The zero-order valence-corrected chi connectivity index (χ0v) is 14.8. The van der Waals surface area contributed by atoms with Gasteiger partial charge >= 0.3 is 0 Å². The molecule has 28 heavy (non-hydrogen) atoms. The van der Waals surface area contributed by atoms with Crippen molar-refractivity contribution in [3.63, 3.8) is 0 Å². The van der Waals surface area contributed by atoms with Gasteiger partial charge in [-0.2, -0.15) is 0 Å². The summed E-state index contributed by atoms with van der Waals surface area (Å²) in [6.07, 6.45) is -1.98. The van der Waals surface area contributed by atoms with E-state index in [9.17, 15) is 10.2 Å². The van der Waals surface area contributed by atoms with E-state index in [-0.39, 0.29) is 26.8 Å². The molecule has 4 atom stereocenters. The van der Waals surface area contributed by atoms with E-state index in [2.05, 4.69) is 0 Å². The number of hydrogen-bond donors (Lipinski definition) is 2. The molecule has 0 radical (unpaired) electrons. The SMILES string of the molecule is O[C@H](c1ccc2c(c1)OCO2)[C@]1([C@@]2([C@H](O)c3ccc4c(c3)OCO4)CO2)CO1. The van der Waals surface area contributed by atoms with Crippen LogP contribution in [0.5, 0.6) is 23.0 Å². The highest BCUT2D eigenvalue weighted by atomic mass is 16.7. The van der Waals surface area contributed by atoms with Gasteiger partial charge < -0.3 is 38.6 Å². The molecule has 0 saturated carbocycles. The summed E-state index contributed by atoms with van der Waals surface area (Å²) in [5.74, 6) is 2.43. The van der Waals surface area contributed by atoms with Gasteiger partial charge in [0.05, 0.1) is 13.2 Å². The Balaban J connectivity index is 1.32. The predicted octanol–water partition coefficient (Wildman–Crippen LogP) is 1.45. The topological polar surface area (TPSA) is 102 Å². The van der Waals surface area contributed by atoms with Crippen molar-refractivity contribution in [1.82, 2.24) is 0 Å². The lowest BCUT2D eigenvalue weighted by Crippen LogP contribution is -2.44. The Morgan fingerprint density at radius 3 is 1.43 bits per heavy atom. The number of fused-ring (bicyclic) bond motifs is 2. The van der Waals surface area contributed by atoms with Gasteiger partial charge in [0, 0.05) is 0 Å². The third-order valence-electron chi connectivity index (χ3n) is 5.94. The van der Waals surface area contributed by atoms with Crippen LogP contribution in [0, 0.1) is 0 Å². The maximum atomic E-state index is 11.1. The largest absolute Gasteiger partial charge is 0.454 e. The summed E-state index contributed by atoms with van der Waals surface area (Å²) < 4.78 is 32.9. The fourth-order valence-electron chi connectivity index (χ4n) is 4.13. The second-order valence-corrected chi connectivity index (χ2v) is 7.39. The molecular formula is C20H18O8. The standard InChI is InChI=1S/C20H18O8/c21-17(11-1-3-13-15(5-11)25-9-23-13)19(7-27-19)20(8-28-20)18(22)12-2-4-14-16(6-12)26-10-24-14/h1-6,17-18,21-22H,7-10H2/t17-,18-,19+,20+/m1/s1. The van der Waals surface area contributed by atoms with Gasteiger partial charge in [-0.05, 0) is 35.4 Å². The molecular weight excluding hydrogens is 368 g/mol. The second kappa shape index (κ2) is 5.51. The number of epoxide rings is 2. The molecule has 0 aliphatic carbocycles. The fraction of sp³-hybridized carbons (Fsp3) is 0.400. The van der Waals surface area contributed by atoms with Gasteiger partial charge in [-0.1, -0.05) is 12.1 Å². The molecule has 4 heterocycles.